The minimum absolute atomic E-state index is 0.148. The molecule has 7 nitrogen and oxygen atoms in total. The summed E-state index contributed by atoms with van der Waals surface area (Å²) in [6, 6.07) is 17.1. The van der Waals surface area contributed by atoms with Crippen molar-refractivity contribution in [2.75, 3.05) is 19.1 Å². The second-order valence-corrected chi connectivity index (χ2v) is 7.51. The van der Waals surface area contributed by atoms with Crippen molar-refractivity contribution in [1.29, 1.82) is 10.5 Å². The van der Waals surface area contributed by atoms with Crippen molar-refractivity contribution >= 4 is 35.4 Å². The summed E-state index contributed by atoms with van der Waals surface area (Å²) in [6.45, 7) is 0. The molecule has 2 aliphatic heterocycles. The number of rotatable bonds is 2. The zero-order chi connectivity index (χ0) is 21.7. The van der Waals surface area contributed by atoms with E-state index in [9.17, 15) is 20.1 Å². The molecule has 0 saturated carbocycles. The highest BCUT2D eigenvalue weighted by atomic mass is 35.5. The van der Waals surface area contributed by atoms with Crippen LogP contribution in [0.1, 0.15) is 11.1 Å². The molecule has 0 bridgehead atoms. The number of benzene rings is 2. The Kier molecular flexibility index (Phi) is 4.20. The van der Waals surface area contributed by atoms with Crippen LogP contribution in [0.15, 0.2) is 53.5 Å². The van der Waals surface area contributed by atoms with Gasteiger partial charge in [-0.15, -0.1) is 0 Å². The van der Waals surface area contributed by atoms with Crippen LogP contribution in [0, 0.1) is 28.1 Å². The van der Waals surface area contributed by atoms with Gasteiger partial charge in [-0.25, -0.2) is 4.79 Å². The van der Waals surface area contributed by atoms with Crippen LogP contribution >= 0.6 is 11.6 Å². The van der Waals surface area contributed by atoms with Gasteiger partial charge in [-0.05, 0) is 17.7 Å². The van der Waals surface area contributed by atoms with Crippen LogP contribution in [0.5, 0.6) is 0 Å². The summed E-state index contributed by atoms with van der Waals surface area (Å²) in [5.41, 5.74) is -5.27. The predicted octanol–water partition coefficient (Wildman–Crippen LogP) is 2.74. The highest BCUT2D eigenvalue weighted by Gasteiger charge is 2.80. The standard InChI is InChI=1S/C22H15ClN4O3/c1-27-16-10-6-9-15(23)17(16)21(18(27)28)20(11-24,12-25)13-26-22(21,19(29)30-2)14-7-4-3-5-8-14/h3-10,13H,1-2H3/t21-,22-/m1/s1. The summed E-state index contributed by atoms with van der Waals surface area (Å²) >= 11 is 6.57. The second kappa shape index (κ2) is 6.41. The number of carbonyl (C=O) groups is 2. The zero-order valence-electron chi connectivity index (χ0n) is 16.1. The van der Waals surface area contributed by atoms with E-state index < -0.39 is 28.2 Å². The van der Waals surface area contributed by atoms with Gasteiger partial charge >= 0.3 is 5.97 Å². The molecular weight excluding hydrogens is 404 g/mol. The third-order valence-corrected chi connectivity index (χ3v) is 6.28. The largest absolute Gasteiger partial charge is 0.467 e. The quantitative estimate of drug-likeness (QED) is 0.697. The molecule has 0 saturated heterocycles. The number of nitriles is 2. The molecule has 2 aliphatic rings. The van der Waals surface area contributed by atoms with Gasteiger partial charge in [0.1, 0.15) is 0 Å². The number of hydrogen-bond donors (Lipinski definition) is 0. The number of hydrogen-bond acceptors (Lipinski definition) is 6. The van der Waals surface area contributed by atoms with Crippen LogP contribution in [0.4, 0.5) is 5.69 Å². The van der Waals surface area contributed by atoms with Crippen LogP contribution in [0.3, 0.4) is 0 Å². The Morgan fingerprint density at radius 1 is 1.13 bits per heavy atom. The Balaban J connectivity index is 2.28. The van der Waals surface area contributed by atoms with Crippen molar-refractivity contribution in [3.63, 3.8) is 0 Å². The van der Waals surface area contributed by atoms with E-state index in [1.807, 2.05) is 12.1 Å². The fourth-order valence-electron chi connectivity index (χ4n) is 4.70. The fourth-order valence-corrected chi connectivity index (χ4v) is 5.01. The molecule has 1 amide bonds. The minimum atomic E-state index is -2.10. The van der Waals surface area contributed by atoms with Crippen LogP contribution in [-0.2, 0) is 25.3 Å². The van der Waals surface area contributed by atoms with Gasteiger partial charge in [-0.1, -0.05) is 48.0 Å². The number of esters is 1. The summed E-state index contributed by atoms with van der Waals surface area (Å²) in [4.78, 5) is 33.1. The molecule has 0 radical (unpaired) electrons. The van der Waals surface area contributed by atoms with E-state index in [1.165, 1.54) is 19.1 Å². The molecule has 0 fully saturated rings. The van der Waals surface area contributed by atoms with Gasteiger partial charge < -0.3 is 9.64 Å². The van der Waals surface area contributed by atoms with Crippen LogP contribution in [0.2, 0.25) is 5.02 Å². The number of anilines is 1. The first-order chi connectivity index (χ1) is 14.4. The number of halogens is 1. The average molecular weight is 419 g/mol. The number of ether oxygens (including phenoxy) is 1. The Morgan fingerprint density at radius 3 is 2.40 bits per heavy atom. The van der Waals surface area contributed by atoms with Crippen molar-refractivity contribution in [2.45, 2.75) is 11.0 Å². The molecule has 30 heavy (non-hydrogen) atoms. The lowest BCUT2D eigenvalue weighted by Gasteiger charge is -2.42. The number of amides is 1. The van der Waals surface area contributed by atoms with Crippen molar-refractivity contribution in [1.82, 2.24) is 0 Å². The number of aliphatic imine (C=N–C) groups is 1. The Labute approximate surface area is 177 Å². The number of likely N-dealkylation sites (N-methyl/N-ethyl adjacent to an activating group) is 1. The highest BCUT2D eigenvalue weighted by molar-refractivity contribution is 6.34. The molecule has 0 N–H and O–H groups in total. The SMILES string of the molecule is COC(=O)[C@@]1(c2ccccc2)N=CC(C#N)(C#N)[C@@]12C(=O)N(C)c1cccc(Cl)c12. The van der Waals surface area contributed by atoms with Crippen molar-refractivity contribution in [3.05, 3.63) is 64.7 Å². The lowest BCUT2D eigenvalue weighted by atomic mass is 9.53. The van der Waals surface area contributed by atoms with Gasteiger partial charge in [0, 0.05) is 29.5 Å². The number of fused-ring (bicyclic) bond motifs is 2. The Bertz CT molecular complexity index is 1180. The maximum Gasteiger partial charge on any atom is 0.340 e. The van der Waals surface area contributed by atoms with Gasteiger partial charge in [0.05, 0.1) is 19.2 Å². The number of nitrogens with zero attached hydrogens (tertiary/aromatic N) is 4. The van der Waals surface area contributed by atoms with E-state index in [0.717, 1.165) is 6.21 Å². The van der Waals surface area contributed by atoms with E-state index in [1.54, 1.807) is 48.5 Å². The fraction of sp³-hybridized carbons (Fsp3) is 0.227. The molecule has 2 heterocycles. The second-order valence-electron chi connectivity index (χ2n) is 7.11. The van der Waals surface area contributed by atoms with Crippen LogP contribution < -0.4 is 4.90 Å². The summed E-state index contributed by atoms with van der Waals surface area (Å²) in [6.07, 6.45) is 1.08. The van der Waals surface area contributed by atoms with E-state index in [-0.39, 0.29) is 10.6 Å². The smallest absolute Gasteiger partial charge is 0.340 e. The van der Waals surface area contributed by atoms with Gasteiger partial charge in [0.2, 0.25) is 11.4 Å². The predicted molar refractivity (Wildman–Crippen MR) is 109 cm³/mol. The van der Waals surface area contributed by atoms with Crippen molar-refractivity contribution in [3.8, 4) is 12.1 Å². The summed E-state index contributed by atoms with van der Waals surface area (Å²) in [5, 5.41) is 20.5. The van der Waals surface area contributed by atoms with E-state index in [4.69, 9.17) is 16.3 Å². The maximum absolute atomic E-state index is 14.0. The molecule has 1 spiro atoms. The molecule has 148 valence electrons. The summed E-state index contributed by atoms with van der Waals surface area (Å²) in [5.74, 6) is -1.51. The molecular formula is C22H15ClN4O3. The van der Waals surface area contributed by atoms with Crippen molar-refractivity contribution < 1.29 is 14.3 Å². The molecule has 2 atom stereocenters. The van der Waals surface area contributed by atoms with Gasteiger partial charge in [0.25, 0.3) is 0 Å². The molecule has 8 heteroatoms. The van der Waals surface area contributed by atoms with E-state index >= 15 is 0 Å². The van der Waals surface area contributed by atoms with Crippen LogP contribution in [0.25, 0.3) is 0 Å². The molecule has 4 rings (SSSR count). The zero-order valence-corrected chi connectivity index (χ0v) is 16.8. The van der Waals surface area contributed by atoms with Crippen LogP contribution in [-0.4, -0.2) is 32.2 Å². The first-order valence-electron chi connectivity index (χ1n) is 8.98. The highest BCUT2D eigenvalue weighted by Crippen LogP contribution is 2.65. The van der Waals surface area contributed by atoms with Gasteiger partial charge in [-0.2, -0.15) is 10.5 Å². The summed E-state index contributed by atoms with van der Waals surface area (Å²) in [7, 11) is 2.68. The number of carbonyl (C=O) groups excluding carboxylic acids is 2. The monoisotopic (exact) mass is 418 g/mol. The van der Waals surface area contributed by atoms with Gasteiger partial charge in [0.15, 0.2) is 10.8 Å². The Morgan fingerprint density at radius 2 is 1.80 bits per heavy atom. The minimum Gasteiger partial charge on any atom is -0.467 e. The maximum atomic E-state index is 14.0. The lowest BCUT2D eigenvalue weighted by Crippen LogP contribution is -2.63. The third kappa shape index (κ3) is 1.91. The lowest BCUT2D eigenvalue weighted by molar-refractivity contribution is -0.154. The van der Waals surface area contributed by atoms with E-state index in [2.05, 4.69) is 4.99 Å². The normalized spacial score (nSPS) is 25.6. The summed E-state index contributed by atoms with van der Waals surface area (Å²) < 4.78 is 5.11. The molecule has 2 aromatic carbocycles. The number of methoxy groups -OCH3 is 1. The van der Waals surface area contributed by atoms with Gasteiger partial charge in [-0.3, -0.25) is 9.79 Å². The van der Waals surface area contributed by atoms with E-state index in [0.29, 0.717) is 11.3 Å². The topological polar surface area (TPSA) is 107 Å². The molecule has 0 aliphatic carbocycles. The average Bonchev–Trinajstić information content (AvgIpc) is 3.22. The first kappa shape index (κ1) is 19.6. The molecule has 0 unspecified atom stereocenters. The molecule has 0 aromatic heterocycles. The Hall–Kier alpha value is -3.68. The molecule has 2 aromatic rings. The third-order valence-electron chi connectivity index (χ3n) is 5.96. The van der Waals surface area contributed by atoms with Crippen molar-refractivity contribution in [2.24, 2.45) is 10.4 Å². The first-order valence-corrected chi connectivity index (χ1v) is 9.35.